The Morgan fingerprint density at radius 1 is 1.33 bits per heavy atom. The maximum atomic E-state index is 13.1. The summed E-state index contributed by atoms with van der Waals surface area (Å²) in [6.45, 7) is 2.45. The summed E-state index contributed by atoms with van der Waals surface area (Å²) in [5.41, 5.74) is 6.76. The second-order valence-electron chi connectivity index (χ2n) is 3.51. The van der Waals surface area contributed by atoms with Gasteiger partial charge in [0.25, 0.3) is 0 Å². The van der Waals surface area contributed by atoms with E-state index in [1.54, 1.807) is 13.0 Å². The average molecular weight is 205 g/mol. The van der Waals surface area contributed by atoms with Crippen LogP contribution in [0, 0.1) is 24.6 Å². The van der Waals surface area contributed by atoms with Gasteiger partial charge in [-0.15, -0.1) is 0 Å². The molecule has 0 aliphatic heterocycles. The molecule has 0 heterocycles. The predicted octanol–water partition coefficient (Wildman–Crippen LogP) is 2.61. The zero-order chi connectivity index (χ0) is 11.1. The Morgan fingerprint density at radius 2 is 2.13 bits per heavy atom. The Balaban J connectivity index is 2.53. The van der Waals surface area contributed by atoms with Crippen molar-refractivity contribution >= 4 is 0 Å². The molecule has 1 aromatic carbocycles. The molecule has 80 valence electrons. The number of aryl methyl sites for hydroxylation is 1. The van der Waals surface area contributed by atoms with Gasteiger partial charge in [0.05, 0.1) is 0 Å². The molecule has 2 N–H and O–H groups in total. The van der Waals surface area contributed by atoms with Crippen molar-refractivity contribution in [1.82, 2.24) is 0 Å². The minimum Gasteiger partial charge on any atom is -0.330 e. The van der Waals surface area contributed by atoms with Gasteiger partial charge >= 0.3 is 0 Å². The fourth-order valence-corrected chi connectivity index (χ4v) is 1.19. The van der Waals surface area contributed by atoms with Crippen LogP contribution < -0.4 is 5.73 Å². The van der Waals surface area contributed by atoms with E-state index in [1.807, 2.05) is 6.07 Å². The van der Waals surface area contributed by atoms with Crippen LogP contribution in [-0.4, -0.2) is 6.54 Å². The summed E-state index contributed by atoms with van der Waals surface area (Å²) in [6, 6.07) is 5.07. The molecule has 0 fully saturated rings. The molecule has 2 heteroatoms. The van der Waals surface area contributed by atoms with Gasteiger partial charge in [0.2, 0.25) is 0 Å². The zero-order valence-corrected chi connectivity index (χ0v) is 9.02. The topological polar surface area (TPSA) is 26.0 Å². The molecular weight excluding hydrogens is 189 g/mol. The third-order valence-corrected chi connectivity index (χ3v) is 2.16. The number of nitrogens with two attached hydrogens (primary N) is 1. The highest BCUT2D eigenvalue weighted by Crippen LogP contribution is 2.07. The van der Waals surface area contributed by atoms with Gasteiger partial charge in [0.15, 0.2) is 0 Å². The molecule has 1 aromatic rings. The number of unbranched alkanes of at least 4 members (excludes halogenated alkanes) is 2. The summed E-state index contributed by atoms with van der Waals surface area (Å²) in [5, 5.41) is 0. The van der Waals surface area contributed by atoms with Crippen molar-refractivity contribution in [3.63, 3.8) is 0 Å². The molecule has 0 aliphatic rings. The van der Waals surface area contributed by atoms with Crippen LogP contribution in [0.15, 0.2) is 18.2 Å². The fraction of sp³-hybridized carbons (Fsp3) is 0.385. The van der Waals surface area contributed by atoms with E-state index < -0.39 is 0 Å². The summed E-state index contributed by atoms with van der Waals surface area (Å²) in [7, 11) is 0. The first-order valence-electron chi connectivity index (χ1n) is 5.19. The zero-order valence-electron chi connectivity index (χ0n) is 9.02. The summed E-state index contributed by atoms with van der Waals surface area (Å²) in [5.74, 6) is 5.76. The lowest BCUT2D eigenvalue weighted by atomic mass is 10.1. The van der Waals surface area contributed by atoms with Crippen molar-refractivity contribution in [2.24, 2.45) is 5.73 Å². The number of hydrogen-bond acceptors (Lipinski definition) is 1. The van der Waals surface area contributed by atoms with E-state index in [0.29, 0.717) is 12.1 Å². The minimum atomic E-state index is -0.191. The molecule has 0 aliphatic carbocycles. The summed E-state index contributed by atoms with van der Waals surface area (Å²) >= 11 is 0. The number of halogens is 1. The van der Waals surface area contributed by atoms with Crippen LogP contribution in [0.2, 0.25) is 0 Å². The molecular formula is C13H16FN. The molecule has 15 heavy (non-hydrogen) atoms. The van der Waals surface area contributed by atoms with Crippen LogP contribution in [0.4, 0.5) is 4.39 Å². The molecule has 0 radical (unpaired) electrons. The standard InChI is InChI=1S/C13H16FN/c1-11-7-8-12(10-13(11)14)6-4-2-3-5-9-15/h7-8,10H,2-3,5,9,15H2,1H3. The quantitative estimate of drug-likeness (QED) is 0.595. The normalized spacial score (nSPS) is 9.53. The largest absolute Gasteiger partial charge is 0.330 e. The van der Waals surface area contributed by atoms with Gasteiger partial charge in [-0.25, -0.2) is 4.39 Å². The van der Waals surface area contributed by atoms with Crippen LogP contribution in [-0.2, 0) is 0 Å². The van der Waals surface area contributed by atoms with E-state index in [0.717, 1.165) is 24.8 Å². The second kappa shape index (κ2) is 6.21. The van der Waals surface area contributed by atoms with Crippen molar-refractivity contribution in [3.05, 3.63) is 35.1 Å². The number of hydrogen-bond donors (Lipinski definition) is 1. The van der Waals surface area contributed by atoms with Crippen LogP contribution in [0.25, 0.3) is 0 Å². The first-order valence-corrected chi connectivity index (χ1v) is 5.19. The molecule has 0 atom stereocenters. The van der Waals surface area contributed by atoms with Gasteiger partial charge in [-0.05, 0) is 44.0 Å². The van der Waals surface area contributed by atoms with Crippen molar-refractivity contribution in [1.29, 1.82) is 0 Å². The molecule has 1 nitrogen and oxygen atoms in total. The van der Waals surface area contributed by atoms with Gasteiger partial charge in [-0.2, -0.15) is 0 Å². The van der Waals surface area contributed by atoms with Crippen molar-refractivity contribution < 1.29 is 4.39 Å². The van der Waals surface area contributed by atoms with E-state index >= 15 is 0 Å². The van der Waals surface area contributed by atoms with Gasteiger partial charge in [0, 0.05) is 12.0 Å². The van der Waals surface area contributed by atoms with E-state index in [4.69, 9.17) is 5.73 Å². The summed E-state index contributed by atoms with van der Waals surface area (Å²) in [6.07, 6.45) is 2.83. The third kappa shape index (κ3) is 4.14. The van der Waals surface area contributed by atoms with Crippen LogP contribution in [0.3, 0.4) is 0 Å². The molecule has 0 spiro atoms. The minimum absolute atomic E-state index is 0.191. The Kier molecular flexibility index (Phi) is 4.86. The summed E-state index contributed by atoms with van der Waals surface area (Å²) < 4.78 is 13.1. The SMILES string of the molecule is Cc1ccc(C#CCCCCN)cc1F. The van der Waals surface area contributed by atoms with Crippen molar-refractivity contribution in [2.45, 2.75) is 26.2 Å². The van der Waals surface area contributed by atoms with E-state index in [2.05, 4.69) is 11.8 Å². The first-order chi connectivity index (χ1) is 7.24. The lowest BCUT2D eigenvalue weighted by molar-refractivity contribution is 0.618. The first kappa shape index (κ1) is 11.7. The van der Waals surface area contributed by atoms with E-state index in [1.165, 1.54) is 6.07 Å². The van der Waals surface area contributed by atoms with Crippen LogP contribution in [0.1, 0.15) is 30.4 Å². The maximum absolute atomic E-state index is 13.1. The molecule has 1 rings (SSSR count). The second-order valence-corrected chi connectivity index (χ2v) is 3.51. The van der Waals surface area contributed by atoms with Gasteiger partial charge in [-0.1, -0.05) is 17.9 Å². The van der Waals surface area contributed by atoms with Crippen LogP contribution in [0.5, 0.6) is 0 Å². The Morgan fingerprint density at radius 3 is 2.80 bits per heavy atom. The fourth-order valence-electron chi connectivity index (χ4n) is 1.19. The summed E-state index contributed by atoms with van der Waals surface area (Å²) in [4.78, 5) is 0. The Labute approximate surface area is 90.5 Å². The predicted molar refractivity (Wildman–Crippen MR) is 60.9 cm³/mol. The van der Waals surface area contributed by atoms with Crippen molar-refractivity contribution in [3.8, 4) is 11.8 Å². The highest BCUT2D eigenvalue weighted by molar-refractivity contribution is 5.36. The Hall–Kier alpha value is -1.33. The molecule has 0 unspecified atom stereocenters. The molecule has 0 saturated carbocycles. The smallest absolute Gasteiger partial charge is 0.127 e. The molecule has 0 bridgehead atoms. The van der Waals surface area contributed by atoms with E-state index in [-0.39, 0.29) is 5.82 Å². The van der Waals surface area contributed by atoms with Gasteiger partial charge in [0.1, 0.15) is 5.82 Å². The molecule has 0 amide bonds. The average Bonchev–Trinajstić information content (AvgIpc) is 2.23. The number of benzene rings is 1. The number of rotatable bonds is 3. The highest BCUT2D eigenvalue weighted by atomic mass is 19.1. The van der Waals surface area contributed by atoms with Gasteiger partial charge in [-0.3, -0.25) is 0 Å². The van der Waals surface area contributed by atoms with Crippen LogP contribution >= 0.6 is 0 Å². The third-order valence-electron chi connectivity index (χ3n) is 2.16. The molecule has 0 saturated heterocycles. The molecule has 0 aromatic heterocycles. The van der Waals surface area contributed by atoms with E-state index in [9.17, 15) is 4.39 Å². The lowest BCUT2D eigenvalue weighted by Crippen LogP contribution is -1.96. The highest BCUT2D eigenvalue weighted by Gasteiger charge is 1.95. The van der Waals surface area contributed by atoms with Gasteiger partial charge < -0.3 is 5.73 Å². The Bertz CT molecular complexity index is 374. The van der Waals surface area contributed by atoms with Crippen molar-refractivity contribution in [2.75, 3.05) is 6.54 Å². The monoisotopic (exact) mass is 205 g/mol. The maximum Gasteiger partial charge on any atom is 0.127 e. The lowest BCUT2D eigenvalue weighted by Gasteiger charge is -1.95.